The average Bonchev–Trinajstić information content (AvgIpc) is 2.84. The van der Waals surface area contributed by atoms with E-state index in [9.17, 15) is 0 Å². The highest BCUT2D eigenvalue weighted by atomic mass is 15.4. The van der Waals surface area contributed by atoms with Gasteiger partial charge in [0.05, 0.1) is 0 Å². The van der Waals surface area contributed by atoms with Crippen LogP contribution < -0.4 is 15.1 Å². The summed E-state index contributed by atoms with van der Waals surface area (Å²) in [6.45, 7) is 12.2. The Bertz CT molecular complexity index is 907. The molecule has 5 nitrogen and oxygen atoms in total. The van der Waals surface area contributed by atoms with E-state index in [4.69, 9.17) is 4.99 Å². The molecule has 1 atom stereocenters. The van der Waals surface area contributed by atoms with Crippen molar-refractivity contribution in [3.63, 3.8) is 0 Å². The molecule has 2 aromatic rings. The SMILES string of the molecule is CCc1cc(N2CCN(C)CC2)ccc1NC1N=CCCN1c1c(CC)cccc1CC. The second-order valence-electron chi connectivity index (χ2n) is 8.95. The molecule has 2 aliphatic heterocycles. The van der Waals surface area contributed by atoms with E-state index in [1.807, 2.05) is 0 Å². The summed E-state index contributed by atoms with van der Waals surface area (Å²) in [5.41, 5.74) is 8.10. The van der Waals surface area contributed by atoms with Crippen molar-refractivity contribution >= 4 is 23.3 Å². The van der Waals surface area contributed by atoms with Crippen molar-refractivity contribution in [3.8, 4) is 0 Å². The van der Waals surface area contributed by atoms with Gasteiger partial charge in [0.2, 0.25) is 0 Å². The number of aryl methyl sites for hydroxylation is 3. The van der Waals surface area contributed by atoms with Gasteiger partial charge in [-0.3, -0.25) is 4.99 Å². The second kappa shape index (κ2) is 10.4. The first kappa shape index (κ1) is 22.7. The summed E-state index contributed by atoms with van der Waals surface area (Å²) < 4.78 is 0. The van der Waals surface area contributed by atoms with Crippen LogP contribution in [0.3, 0.4) is 0 Å². The highest BCUT2D eigenvalue weighted by Gasteiger charge is 2.25. The van der Waals surface area contributed by atoms with Gasteiger partial charge in [0.15, 0.2) is 6.29 Å². The Hall–Kier alpha value is -2.53. The molecule has 172 valence electrons. The molecule has 2 aliphatic rings. The van der Waals surface area contributed by atoms with E-state index in [0.717, 1.165) is 58.4 Å². The predicted molar refractivity (Wildman–Crippen MR) is 139 cm³/mol. The molecule has 4 rings (SSSR count). The molecule has 2 heterocycles. The summed E-state index contributed by atoms with van der Waals surface area (Å²) in [5, 5.41) is 3.79. The third-order valence-corrected chi connectivity index (χ3v) is 6.92. The van der Waals surface area contributed by atoms with Gasteiger partial charge >= 0.3 is 0 Å². The minimum Gasteiger partial charge on any atom is -0.369 e. The van der Waals surface area contributed by atoms with Gasteiger partial charge in [-0.15, -0.1) is 0 Å². The van der Waals surface area contributed by atoms with Crippen molar-refractivity contribution in [1.29, 1.82) is 0 Å². The van der Waals surface area contributed by atoms with Gasteiger partial charge < -0.3 is 20.0 Å². The van der Waals surface area contributed by atoms with E-state index in [2.05, 4.69) is 90.4 Å². The number of para-hydroxylation sites is 1. The van der Waals surface area contributed by atoms with Gasteiger partial charge in [0.1, 0.15) is 0 Å². The van der Waals surface area contributed by atoms with Gasteiger partial charge in [0.25, 0.3) is 0 Å². The zero-order chi connectivity index (χ0) is 22.5. The predicted octanol–water partition coefficient (Wildman–Crippen LogP) is 4.80. The van der Waals surface area contributed by atoms with Crippen molar-refractivity contribution < 1.29 is 0 Å². The highest BCUT2D eigenvalue weighted by molar-refractivity contribution is 5.69. The lowest BCUT2D eigenvalue weighted by Gasteiger charge is -2.37. The molecule has 0 aromatic heterocycles. The second-order valence-corrected chi connectivity index (χ2v) is 8.95. The zero-order valence-corrected chi connectivity index (χ0v) is 20.3. The van der Waals surface area contributed by atoms with E-state index >= 15 is 0 Å². The Morgan fingerprint density at radius 1 is 0.875 bits per heavy atom. The molecule has 0 radical (unpaired) electrons. The van der Waals surface area contributed by atoms with Crippen LogP contribution in [0.5, 0.6) is 0 Å². The van der Waals surface area contributed by atoms with Gasteiger partial charge in [-0.05, 0) is 61.2 Å². The number of nitrogens with one attached hydrogen (secondary N) is 1. The molecule has 1 fully saturated rings. The normalized spacial score (nSPS) is 19.4. The number of anilines is 3. The van der Waals surface area contributed by atoms with Gasteiger partial charge in [-0.1, -0.05) is 39.0 Å². The summed E-state index contributed by atoms with van der Waals surface area (Å²) in [5.74, 6) is 0. The minimum absolute atomic E-state index is 0.0680. The molecule has 0 aliphatic carbocycles. The summed E-state index contributed by atoms with van der Waals surface area (Å²) in [7, 11) is 2.21. The minimum atomic E-state index is -0.0680. The lowest BCUT2D eigenvalue weighted by molar-refractivity contribution is 0.313. The Balaban J connectivity index is 1.60. The number of benzene rings is 2. The molecule has 5 heteroatoms. The van der Waals surface area contributed by atoms with E-state index in [0.29, 0.717) is 0 Å². The summed E-state index contributed by atoms with van der Waals surface area (Å²) in [6.07, 6.45) is 6.08. The fourth-order valence-corrected chi connectivity index (χ4v) is 4.92. The van der Waals surface area contributed by atoms with Crippen LogP contribution in [0.15, 0.2) is 41.4 Å². The maximum Gasteiger partial charge on any atom is 0.196 e. The molecule has 2 aromatic carbocycles. The highest BCUT2D eigenvalue weighted by Crippen LogP contribution is 2.32. The summed E-state index contributed by atoms with van der Waals surface area (Å²) in [6, 6.07) is 13.7. The van der Waals surface area contributed by atoms with Crippen LogP contribution in [-0.2, 0) is 19.3 Å². The number of hydrogen-bond acceptors (Lipinski definition) is 5. The van der Waals surface area contributed by atoms with Crippen molar-refractivity contribution in [2.45, 2.75) is 52.7 Å². The summed E-state index contributed by atoms with van der Waals surface area (Å²) >= 11 is 0. The van der Waals surface area contributed by atoms with Crippen LogP contribution in [0, 0.1) is 0 Å². The molecule has 32 heavy (non-hydrogen) atoms. The van der Waals surface area contributed by atoms with Crippen molar-refractivity contribution in [2.24, 2.45) is 4.99 Å². The number of likely N-dealkylation sites (N-methyl/N-ethyl adjacent to an activating group) is 1. The Morgan fingerprint density at radius 3 is 2.22 bits per heavy atom. The number of hydrogen-bond donors (Lipinski definition) is 1. The monoisotopic (exact) mass is 433 g/mol. The van der Waals surface area contributed by atoms with Crippen LogP contribution in [0.1, 0.15) is 43.9 Å². The number of rotatable bonds is 7. The number of piperazine rings is 1. The average molecular weight is 434 g/mol. The lowest BCUT2D eigenvalue weighted by Crippen LogP contribution is -2.45. The first-order valence-electron chi connectivity index (χ1n) is 12.4. The fourth-order valence-electron chi connectivity index (χ4n) is 4.92. The topological polar surface area (TPSA) is 34.1 Å². The van der Waals surface area contributed by atoms with Crippen LogP contribution in [0.25, 0.3) is 0 Å². The van der Waals surface area contributed by atoms with Crippen molar-refractivity contribution in [2.75, 3.05) is 54.9 Å². The molecule has 1 N–H and O–H groups in total. The molecular formula is C27H39N5. The van der Waals surface area contributed by atoms with E-state index in [-0.39, 0.29) is 6.29 Å². The third-order valence-electron chi connectivity index (χ3n) is 6.92. The fraction of sp³-hybridized carbons (Fsp3) is 0.519. The van der Waals surface area contributed by atoms with Gasteiger partial charge in [-0.2, -0.15) is 0 Å². The van der Waals surface area contributed by atoms with E-state index < -0.39 is 0 Å². The molecule has 0 saturated carbocycles. The third kappa shape index (κ3) is 4.78. The Morgan fingerprint density at radius 2 is 1.56 bits per heavy atom. The number of aliphatic imine (C=N–C) groups is 1. The smallest absolute Gasteiger partial charge is 0.196 e. The van der Waals surface area contributed by atoms with Crippen LogP contribution in [-0.4, -0.2) is 57.2 Å². The maximum absolute atomic E-state index is 4.90. The number of nitrogens with zero attached hydrogens (tertiary/aromatic N) is 4. The van der Waals surface area contributed by atoms with Crippen molar-refractivity contribution in [1.82, 2.24) is 4.90 Å². The largest absolute Gasteiger partial charge is 0.369 e. The summed E-state index contributed by atoms with van der Waals surface area (Å²) in [4.78, 5) is 12.3. The van der Waals surface area contributed by atoms with Gasteiger partial charge in [-0.25, -0.2) is 0 Å². The first-order valence-corrected chi connectivity index (χ1v) is 12.4. The first-order chi connectivity index (χ1) is 15.6. The molecule has 1 unspecified atom stereocenters. The molecular weight excluding hydrogens is 394 g/mol. The molecule has 0 spiro atoms. The van der Waals surface area contributed by atoms with Gasteiger partial charge in [0, 0.05) is 62.4 Å². The standard InChI is InChI=1S/C27H39N5/c1-5-21-10-8-11-22(6-2)26(21)32-15-9-14-28-27(32)29-25-13-12-24(20-23(25)7-3)31-18-16-30(4)17-19-31/h8,10-14,20,27,29H,5-7,9,15-19H2,1-4H3. The maximum atomic E-state index is 4.90. The van der Waals surface area contributed by atoms with Crippen LogP contribution >= 0.6 is 0 Å². The Kier molecular flexibility index (Phi) is 7.36. The molecule has 0 bridgehead atoms. The molecule has 1 saturated heterocycles. The quantitative estimate of drug-likeness (QED) is 0.680. The van der Waals surface area contributed by atoms with Crippen molar-refractivity contribution in [3.05, 3.63) is 53.1 Å². The molecule has 0 amide bonds. The van der Waals surface area contributed by atoms with E-state index in [1.165, 1.54) is 33.8 Å². The zero-order valence-electron chi connectivity index (χ0n) is 20.3. The Labute approximate surface area is 194 Å². The van der Waals surface area contributed by atoms with Crippen LogP contribution in [0.2, 0.25) is 0 Å². The van der Waals surface area contributed by atoms with E-state index in [1.54, 1.807) is 0 Å². The lowest BCUT2D eigenvalue weighted by atomic mass is 10.0. The van der Waals surface area contributed by atoms with Crippen LogP contribution in [0.4, 0.5) is 17.1 Å².